The summed E-state index contributed by atoms with van der Waals surface area (Å²) in [5.41, 5.74) is 1.40. The number of rotatable bonds is 5. The number of hydrogen-bond acceptors (Lipinski definition) is 5. The van der Waals surface area contributed by atoms with E-state index in [-0.39, 0.29) is 0 Å². The Hall–Kier alpha value is -2.30. The number of ether oxygens (including phenoxy) is 3. The Bertz CT molecular complexity index is 486. The lowest BCUT2D eigenvalue weighted by molar-refractivity contribution is -0.156. The van der Waals surface area contributed by atoms with Crippen LogP contribution in [-0.2, 0) is 19.1 Å². The zero-order valence-corrected chi connectivity index (χ0v) is 12.0. The molecule has 0 atom stereocenters. The molecule has 0 N–H and O–H groups in total. The second-order valence-electron chi connectivity index (χ2n) is 4.14. The van der Waals surface area contributed by atoms with Crippen molar-refractivity contribution in [3.63, 3.8) is 0 Å². The van der Waals surface area contributed by atoms with Gasteiger partial charge in [0.2, 0.25) is 0 Å². The van der Waals surface area contributed by atoms with Gasteiger partial charge in [0.25, 0.3) is 0 Å². The fourth-order valence-corrected chi connectivity index (χ4v) is 1.75. The first-order valence-corrected chi connectivity index (χ1v) is 6.01. The van der Waals surface area contributed by atoms with Crippen LogP contribution in [0.25, 0.3) is 6.08 Å². The summed E-state index contributed by atoms with van der Waals surface area (Å²) >= 11 is 0. The topological polar surface area (TPSA) is 61.8 Å². The molecule has 0 saturated heterocycles. The first kappa shape index (κ1) is 15.8. The van der Waals surface area contributed by atoms with Crippen molar-refractivity contribution in [2.24, 2.45) is 5.92 Å². The molecule has 0 unspecified atom stereocenters. The highest BCUT2D eigenvalue weighted by Gasteiger charge is 2.30. The molecule has 0 aliphatic heterocycles. The van der Waals surface area contributed by atoms with Gasteiger partial charge in [-0.3, -0.25) is 9.59 Å². The molecule has 0 fully saturated rings. The molecule has 0 spiro atoms. The molecule has 5 heteroatoms. The number of hydrogen-bond donors (Lipinski definition) is 0. The van der Waals surface area contributed by atoms with Crippen LogP contribution in [0, 0.1) is 5.92 Å². The summed E-state index contributed by atoms with van der Waals surface area (Å²) in [6, 6.07) is 7.25. The van der Waals surface area contributed by atoms with E-state index >= 15 is 0 Å². The molecule has 0 aliphatic rings. The lowest BCUT2D eigenvalue weighted by Crippen LogP contribution is -2.27. The Morgan fingerprint density at radius 2 is 1.50 bits per heavy atom. The van der Waals surface area contributed by atoms with E-state index in [1.807, 2.05) is 12.1 Å². The zero-order valence-electron chi connectivity index (χ0n) is 12.0. The van der Waals surface area contributed by atoms with Crippen LogP contribution in [0.1, 0.15) is 12.5 Å². The van der Waals surface area contributed by atoms with Gasteiger partial charge >= 0.3 is 11.9 Å². The van der Waals surface area contributed by atoms with Crippen molar-refractivity contribution < 1.29 is 23.8 Å². The third-order valence-corrected chi connectivity index (χ3v) is 2.84. The van der Waals surface area contributed by atoms with E-state index in [4.69, 9.17) is 4.74 Å². The Kier molecular flexibility index (Phi) is 5.77. The van der Waals surface area contributed by atoms with E-state index in [0.717, 1.165) is 11.3 Å². The van der Waals surface area contributed by atoms with E-state index in [1.54, 1.807) is 32.2 Å². The Balaban J connectivity index is 3.03. The van der Waals surface area contributed by atoms with Crippen LogP contribution in [0.2, 0.25) is 0 Å². The molecule has 0 radical (unpaired) electrons. The third-order valence-electron chi connectivity index (χ3n) is 2.84. The molecule has 0 amide bonds. The van der Waals surface area contributed by atoms with Crippen LogP contribution in [0.4, 0.5) is 0 Å². The SMILES string of the molecule is COC(=O)C(C(=O)OC)C(C)=Cc1ccc(OC)cc1. The van der Waals surface area contributed by atoms with Gasteiger partial charge in [0.05, 0.1) is 21.3 Å². The first-order valence-electron chi connectivity index (χ1n) is 6.01. The van der Waals surface area contributed by atoms with Gasteiger partial charge in [-0.2, -0.15) is 0 Å². The zero-order chi connectivity index (χ0) is 15.1. The van der Waals surface area contributed by atoms with Crippen molar-refractivity contribution in [3.8, 4) is 5.75 Å². The lowest BCUT2D eigenvalue weighted by atomic mass is 9.98. The fraction of sp³-hybridized carbons (Fsp3) is 0.333. The molecule has 0 heterocycles. The molecule has 1 aromatic rings. The van der Waals surface area contributed by atoms with Crippen LogP contribution in [0.5, 0.6) is 5.75 Å². The lowest BCUT2D eigenvalue weighted by Gasteiger charge is -2.13. The highest BCUT2D eigenvalue weighted by atomic mass is 16.5. The standard InChI is InChI=1S/C15H18O5/c1-10(13(14(16)19-3)15(17)20-4)9-11-5-7-12(18-2)8-6-11/h5-9,13H,1-4H3. The minimum atomic E-state index is -1.05. The summed E-state index contributed by atoms with van der Waals surface area (Å²) in [5.74, 6) is -1.59. The molecule has 0 aromatic heterocycles. The largest absolute Gasteiger partial charge is 0.497 e. The van der Waals surface area contributed by atoms with Gasteiger partial charge in [0.15, 0.2) is 5.92 Å². The minimum Gasteiger partial charge on any atom is -0.497 e. The van der Waals surface area contributed by atoms with E-state index < -0.39 is 17.9 Å². The number of carbonyl (C=O) groups is 2. The summed E-state index contributed by atoms with van der Waals surface area (Å²) in [7, 11) is 4.05. The molecule has 0 saturated carbocycles. The highest BCUT2D eigenvalue weighted by Crippen LogP contribution is 2.19. The molecular formula is C15H18O5. The number of benzene rings is 1. The van der Waals surface area contributed by atoms with Gasteiger partial charge in [-0.25, -0.2) is 0 Å². The van der Waals surface area contributed by atoms with Gasteiger partial charge in [0, 0.05) is 0 Å². The van der Waals surface area contributed by atoms with Crippen LogP contribution in [0.15, 0.2) is 29.8 Å². The van der Waals surface area contributed by atoms with Crippen LogP contribution in [-0.4, -0.2) is 33.3 Å². The normalized spacial score (nSPS) is 11.2. The number of carbonyl (C=O) groups excluding carboxylic acids is 2. The van der Waals surface area contributed by atoms with Crippen LogP contribution < -0.4 is 4.74 Å². The maximum Gasteiger partial charge on any atom is 0.324 e. The van der Waals surface area contributed by atoms with E-state index in [9.17, 15) is 9.59 Å². The summed E-state index contributed by atoms with van der Waals surface area (Å²) in [6.45, 7) is 1.68. The van der Waals surface area contributed by atoms with Gasteiger partial charge < -0.3 is 14.2 Å². The average Bonchev–Trinajstić information content (AvgIpc) is 2.47. The molecule has 1 rings (SSSR count). The molecule has 20 heavy (non-hydrogen) atoms. The first-order chi connectivity index (χ1) is 9.53. The van der Waals surface area contributed by atoms with Gasteiger partial charge in [-0.1, -0.05) is 18.2 Å². The summed E-state index contributed by atoms with van der Waals surface area (Å²) < 4.78 is 14.3. The number of esters is 2. The Labute approximate surface area is 118 Å². The predicted molar refractivity (Wildman–Crippen MR) is 74.2 cm³/mol. The maximum absolute atomic E-state index is 11.7. The van der Waals surface area contributed by atoms with Crippen molar-refractivity contribution in [2.75, 3.05) is 21.3 Å². The Morgan fingerprint density at radius 1 is 1.00 bits per heavy atom. The molecule has 5 nitrogen and oxygen atoms in total. The Morgan fingerprint density at radius 3 is 1.90 bits per heavy atom. The third kappa shape index (κ3) is 3.85. The predicted octanol–water partition coefficient (Wildman–Crippen LogP) is 2.06. The van der Waals surface area contributed by atoms with Crippen molar-refractivity contribution >= 4 is 18.0 Å². The van der Waals surface area contributed by atoms with Gasteiger partial charge in [0.1, 0.15) is 5.75 Å². The molecule has 0 aliphatic carbocycles. The van der Waals surface area contributed by atoms with Crippen molar-refractivity contribution in [3.05, 3.63) is 35.4 Å². The quantitative estimate of drug-likeness (QED) is 0.609. The second kappa shape index (κ2) is 7.33. The molecular weight excluding hydrogens is 260 g/mol. The molecule has 0 bridgehead atoms. The van der Waals surface area contributed by atoms with E-state index in [1.165, 1.54) is 14.2 Å². The van der Waals surface area contributed by atoms with Crippen molar-refractivity contribution in [1.29, 1.82) is 0 Å². The van der Waals surface area contributed by atoms with Gasteiger partial charge in [-0.05, 0) is 30.2 Å². The maximum atomic E-state index is 11.7. The van der Waals surface area contributed by atoms with E-state index in [0.29, 0.717) is 5.57 Å². The van der Waals surface area contributed by atoms with Crippen molar-refractivity contribution in [1.82, 2.24) is 0 Å². The minimum absolute atomic E-state index is 0.550. The molecule has 108 valence electrons. The second-order valence-corrected chi connectivity index (χ2v) is 4.14. The number of methoxy groups -OCH3 is 3. The molecule has 1 aromatic carbocycles. The highest BCUT2D eigenvalue weighted by molar-refractivity contribution is 5.99. The van der Waals surface area contributed by atoms with Crippen molar-refractivity contribution in [2.45, 2.75) is 6.92 Å². The average molecular weight is 278 g/mol. The summed E-state index contributed by atoms with van der Waals surface area (Å²) in [6.07, 6.45) is 1.73. The van der Waals surface area contributed by atoms with Gasteiger partial charge in [-0.15, -0.1) is 0 Å². The fourth-order valence-electron chi connectivity index (χ4n) is 1.75. The monoisotopic (exact) mass is 278 g/mol. The summed E-state index contributed by atoms with van der Waals surface area (Å²) in [5, 5.41) is 0. The van der Waals surface area contributed by atoms with Crippen LogP contribution >= 0.6 is 0 Å². The van der Waals surface area contributed by atoms with E-state index in [2.05, 4.69) is 9.47 Å². The smallest absolute Gasteiger partial charge is 0.324 e. The van der Waals surface area contributed by atoms with Crippen LogP contribution in [0.3, 0.4) is 0 Å². The summed E-state index contributed by atoms with van der Waals surface area (Å²) in [4.78, 5) is 23.3.